The van der Waals surface area contributed by atoms with Crippen molar-refractivity contribution in [2.24, 2.45) is 5.92 Å². The van der Waals surface area contributed by atoms with Gasteiger partial charge in [-0.25, -0.2) is 14.8 Å². The fraction of sp³-hybridized carbons (Fsp3) is 0.550. The van der Waals surface area contributed by atoms with E-state index in [0.29, 0.717) is 6.42 Å². The van der Waals surface area contributed by atoms with Crippen molar-refractivity contribution in [1.29, 1.82) is 0 Å². The number of hydrogen-bond acceptors (Lipinski definition) is 7. The molecule has 0 aromatic carbocycles. The van der Waals surface area contributed by atoms with Gasteiger partial charge in [-0.05, 0) is 36.5 Å². The van der Waals surface area contributed by atoms with Gasteiger partial charge < -0.3 is 9.64 Å². The first-order valence-electron chi connectivity index (χ1n) is 9.99. The van der Waals surface area contributed by atoms with Crippen LogP contribution < -0.4 is 15.8 Å². The van der Waals surface area contributed by atoms with Gasteiger partial charge >= 0.3 is 0 Å². The molecule has 7 nitrogen and oxygen atoms in total. The number of nitrogens with zero attached hydrogens (tertiary/aromatic N) is 4. The van der Waals surface area contributed by atoms with E-state index in [1.54, 1.807) is 18.6 Å². The Balaban J connectivity index is 1.39. The van der Waals surface area contributed by atoms with E-state index in [9.17, 15) is 4.39 Å². The Labute approximate surface area is 163 Å². The first kappa shape index (κ1) is 17.9. The molecule has 28 heavy (non-hydrogen) atoms. The molecular formula is C20H25FN6O. The van der Waals surface area contributed by atoms with Crippen molar-refractivity contribution in [3.05, 3.63) is 48.2 Å². The fourth-order valence-corrected chi connectivity index (χ4v) is 4.78. The molecule has 0 amide bonds. The lowest BCUT2D eigenvalue weighted by Gasteiger charge is -2.35. The van der Waals surface area contributed by atoms with E-state index in [1.165, 1.54) is 0 Å². The second kappa shape index (κ2) is 7.69. The molecule has 1 saturated carbocycles. The van der Waals surface area contributed by atoms with Crippen LogP contribution >= 0.6 is 0 Å². The van der Waals surface area contributed by atoms with Gasteiger partial charge in [0.1, 0.15) is 12.0 Å². The Morgan fingerprint density at radius 2 is 1.96 bits per heavy atom. The normalized spacial score (nSPS) is 32.9. The Kier molecular flexibility index (Phi) is 4.92. The van der Waals surface area contributed by atoms with Crippen LogP contribution in [0.15, 0.2) is 36.9 Å². The molecule has 4 heterocycles. The van der Waals surface area contributed by atoms with E-state index >= 15 is 0 Å². The van der Waals surface area contributed by atoms with Gasteiger partial charge in [-0.3, -0.25) is 15.4 Å². The standard InChI is InChI=1S/C20H25FN6O/c21-16-10-14(17-12-22-3-4-23-17)9-15-19(25-26-20(15)16)13-1-2-24-18(11-13)27-5-7-28-8-6-27/h1-4,11-12,14-16,19-20,25-26H,5-10H2. The molecule has 2 saturated heterocycles. The monoisotopic (exact) mass is 384 g/mol. The van der Waals surface area contributed by atoms with E-state index in [4.69, 9.17) is 4.74 Å². The molecule has 2 aromatic rings. The first-order chi connectivity index (χ1) is 13.8. The van der Waals surface area contributed by atoms with Crippen molar-refractivity contribution in [2.45, 2.75) is 37.0 Å². The average Bonchev–Trinajstić information content (AvgIpc) is 3.20. The van der Waals surface area contributed by atoms with Crippen molar-refractivity contribution < 1.29 is 9.13 Å². The van der Waals surface area contributed by atoms with Gasteiger partial charge in [0.25, 0.3) is 0 Å². The quantitative estimate of drug-likeness (QED) is 0.835. The number of morpholine rings is 1. The van der Waals surface area contributed by atoms with Crippen molar-refractivity contribution in [1.82, 2.24) is 25.8 Å². The molecule has 0 bridgehead atoms. The molecule has 3 fully saturated rings. The Morgan fingerprint density at radius 3 is 2.79 bits per heavy atom. The van der Waals surface area contributed by atoms with Crippen molar-refractivity contribution in [3.63, 3.8) is 0 Å². The van der Waals surface area contributed by atoms with E-state index in [1.807, 2.05) is 12.3 Å². The van der Waals surface area contributed by atoms with Gasteiger partial charge in [-0.1, -0.05) is 0 Å². The highest BCUT2D eigenvalue weighted by atomic mass is 19.1. The third-order valence-corrected chi connectivity index (χ3v) is 6.22. The number of anilines is 1. The summed E-state index contributed by atoms with van der Waals surface area (Å²) in [5.74, 6) is 1.20. The van der Waals surface area contributed by atoms with Gasteiger partial charge in [0.15, 0.2) is 0 Å². The van der Waals surface area contributed by atoms with Crippen molar-refractivity contribution >= 4 is 5.82 Å². The van der Waals surface area contributed by atoms with Gasteiger partial charge in [-0.2, -0.15) is 0 Å². The minimum absolute atomic E-state index is 0.0468. The van der Waals surface area contributed by atoms with Crippen molar-refractivity contribution in [3.8, 4) is 0 Å². The molecule has 2 aromatic heterocycles. The summed E-state index contributed by atoms with van der Waals surface area (Å²) in [6, 6.07) is 4.03. The summed E-state index contributed by atoms with van der Waals surface area (Å²) in [6.45, 7) is 3.15. The number of halogens is 1. The SMILES string of the molecule is FC1CC(c2cnccn2)CC2C(c3ccnc(N4CCOCC4)c3)NNC12. The van der Waals surface area contributed by atoms with Crippen LogP contribution in [0.4, 0.5) is 10.2 Å². The van der Waals surface area contributed by atoms with Crippen LogP contribution in [0, 0.1) is 5.92 Å². The number of aromatic nitrogens is 3. The molecule has 8 heteroatoms. The third kappa shape index (κ3) is 3.36. The molecule has 3 aliphatic rings. The van der Waals surface area contributed by atoms with Crippen LogP contribution in [-0.4, -0.2) is 53.5 Å². The molecule has 148 valence electrons. The highest BCUT2D eigenvalue weighted by Crippen LogP contribution is 2.44. The molecule has 2 aliphatic heterocycles. The van der Waals surface area contributed by atoms with Crippen molar-refractivity contribution in [2.75, 3.05) is 31.2 Å². The Morgan fingerprint density at radius 1 is 1.07 bits per heavy atom. The van der Waals surface area contributed by atoms with Crippen LogP contribution in [0.1, 0.15) is 36.1 Å². The fourth-order valence-electron chi connectivity index (χ4n) is 4.78. The first-order valence-corrected chi connectivity index (χ1v) is 9.99. The molecular weight excluding hydrogens is 359 g/mol. The van der Waals surface area contributed by atoms with Gasteiger partial charge in [0.05, 0.1) is 31.0 Å². The Hall–Kier alpha value is -2.16. The molecule has 0 spiro atoms. The highest BCUT2D eigenvalue weighted by molar-refractivity contribution is 5.42. The summed E-state index contributed by atoms with van der Waals surface area (Å²) in [5, 5.41) is 0. The number of alkyl halides is 1. The average molecular weight is 384 g/mol. The summed E-state index contributed by atoms with van der Waals surface area (Å²) in [7, 11) is 0. The van der Waals surface area contributed by atoms with Gasteiger partial charge in [-0.15, -0.1) is 0 Å². The number of rotatable bonds is 3. The minimum atomic E-state index is -0.913. The van der Waals surface area contributed by atoms with E-state index < -0.39 is 6.17 Å². The predicted octanol–water partition coefficient (Wildman–Crippen LogP) is 1.76. The zero-order valence-corrected chi connectivity index (χ0v) is 15.7. The summed E-state index contributed by atoms with van der Waals surface area (Å²) < 4.78 is 20.4. The number of pyridine rings is 1. The maximum atomic E-state index is 14.9. The lowest BCUT2D eigenvalue weighted by Crippen LogP contribution is -2.43. The summed E-state index contributed by atoms with van der Waals surface area (Å²) in [4.78, 5) is 15.4. The van der Waals surface area contributed by atoms with E-state index in [-0.39, 0.29) is 23.9 Å². The van der Waals surface area contributed by atoms with Crippen LogP contribution in [0.3, 0.4) is 0 Å². The number of nitrogens with one attached hydrogen (secondary N) is 2. The maximum Gasteiger partial charge on any atom is 0.128 e. The van der Waals surface area contributed by atoms with E-state index in [2.05, 4.69) is 36.8 Å². The number of hydrazine groups is 1. The lowest BCUT2D eigenvalue weighted by molar-refractivity contribution is 0.122. The number of ether oxygens (including phenoxy) is 1. The molecule has 5 rings (SSSR count). The summed E-state index contributed by atoms with van der Waals surface area (Å²) in [6.07, 6.45) is 7.42. The van der Waals surface area contributed by atoms with Crippen LogP contribution in [0.2, 0.25) is 0 Å². The minimum Gasteiger partial charge on any atom is -0.378 e. The van der Waals surface area contributed by atoms with Crippen LogP contribution in [-0.2, 0) is 4.74 Å². The zero-order chi connectivity index (χ0) is 18.9. The number of fused-ring (bicyclic) bond motifs is 1. The molecule has 0 radical (unpaired) electrons. The zero-order valence-electron chi connectivity index (χ0n) is 15.7. The Bertz CT molecular complexity index is 802. The molecule has 5 atom stereocenters. The van der Waals surface area contributed by atoms with Gasteiger partial charge in [0.2, 0.25) is 0 Å². The van der Waals surface area contributed by atoms with Crippen LogP contribution in [0.5, 0.6) is 0 Å². The second-order valence-corrected chi connectivity index (χ2v) is 7.82. The summed E-state index contributed by atoms with van der Waals surface area (Å²) >= 11 is 0. The third-order valence-electron chi connectivity index (χ3n) is 6.22. The highest BCUT2D eigenvalue weighted by Gasteiger charge is 2.47. The van der Waals surface area contributed by atoms with E-state index in [0.717, 1.165) is 49.8 Å². The predicted molar refractivity (Wildman–Crippen MR) is 102 cm³/mol. The lowest BCUT2D eigenvalue weighted by atomic mass is 9.73. The summed E-state index contributed by atoms with van der Waals surface area (Å²) in [5.41, 5.74) is 8.59. The number of hydrogen-bond donors (Lipinski definition) is 2. The maximum absolute atomic E-state index is 14.9. The van der Waals surface area contributed by atoms with Gasteiger partial charge in [0, 0.05) is 43.8 Å². The molecule has 1 aliphatic carbocycles. The van der Waals surface area contributed by atoms with Crippen LogP contribution in [0.25, 0.3) is 0 Å². The topological polar surface area (TPSA) is 75.2 Å². The smallest absolute Gasteiger partial charge is 0.128 e. The second-order valence-electron chi connectivity index (χ2n) is 7.82. The molecule has 5 unspecified atom stereocenters. The molecule has 2 N–H and O–H groups in total. The largest absolute Gasteiger partial charge is 0.378 e.